The van der Waals surface area contributed by atoms with Crippen molar-refractivity contribution in [2.45, 2.75) is 38.6 Å². The normalized spacial score (nSPS) is 14.1. The fraction of sp³-hybridized carbons (Fsp3) is 0.462. The highest BCUT2D eigenvalue weighted by Gasteiger charge is 2.35. The number of hydrogen-bond acceptors (Lipinski definition) is 3. The number of carboxylic acids is 1. The van der Waals surface area contributed by atoms with Gasteiger partial charge in [0.05, 0.1) is 5.02 Å². The topological polar surface area (TPSA) is 83.5 Å². The van der Waals surface area contributed by atoms with Crippen LogP contribution in [0.2, 0.25) is 5.02 Å². The van der Waals surface area contributed by atoms with Gasteiger partial charge in [-0.3, -0.25) is 4.79 Å². The molecule has 0 saturated heterocycles. The Morgan fingerprint density at radius 3 is 2.30 bits per heavy atom. The lowest BCUT2D eigenvalue weighted by molar-refractivity contribution is -0.141. The summed E-state index contributed by atoms with van der Waals surface area (Å²) in [6.45, 7) is 6.71. The van der Waals surface area contributed by atoms with Gasteiger partial charge in [0.25, 0.3) is 0 Å². The van der Waals surface area contributed by atoms with E-state index < -0.39 is 27.4 Å². The van der Waals surface area contributed by atoms with Gasteiger partial charge in [-0.15, -0.1) is 0 Å². The zero-order chi connectivity index (χ0) is 15.7. The summed E-state index contributed by atoms with van der Waals surface area (Å²) in [5.74, 6) is -1.23. The first kappa shape index (κ1) is 16.9. The minimum atomic E-state index is -4.00. The number of carboxylic acid groups (broad SMARTS) is 1. The largest absolute Gasteiger partial charge is 0.480 e. The summed E-state index contributed by atoms with van der Waals surface area (Å²) in [6, 6.07) is 3.24. The smallest absolute Gasteiger partial charge is 0.322 e. The minimum absolute atomic E-state index is 0.0653. The molecule has 5 nitrogen and oxygen atoms in total. The lowest BCUT2D eigenvalue weighted by Gasteiger charge is -2.27. The molecule has 1 aromatic rings. The Balaban J connectivity index is 3.20. The molecule has 0 unspecified atom stereocenters. The predicted molar refractivity (Wildman–Crippen MR) is 77.4 cm³/mol. The molecular formula is C13H18ClNO4S. The van der Waals surface area contributed by atoms with E-state index in [9.17, 15) is 18.3 Å². The summed E-state index contributed by atoms with van der Waals surface area (Å²) in [5, 5.41) is 9.24. The lowest BCUT2D eigenvalue weighted by atomic mass is 9.88. The van der Waals surface area contributed by atoms with Crippen LogP contribution in [0, 0.1) is 12.3 Å². The Labute approximate surface area is 124 Å². The third kappa shape index (κ3) is 3.94. The molecule has 0 spiro atoms. The van der Waals surface area contributed by atoms with Crippen LogP contribution >= 0.6 is 11.6 Å². The molecule has 0 heterocycles. The van der Waals surface area contributed by atoms with Crippen LogP contribution in [-0.4, -0.2) is 25.5 Å². The van der Waals surface area contributed by atoms with Gasteiger partial charge in [-0.1, -0.05) is 38.4 Å². The van der Waals surface area contributed by atoms with E-state index in [2.05, 4.69) is 4.72 Å². The van der Waals surface area contributed by atoms with Crippen molar-refractivity contribution < 1.29 is 18.3 Å². The maximum absolute atomic E-state index is 12.3. The maximum Gasteiger partial charge on any atom is 0.322 e. The van der Waals surface area contributed by atoms with E-state index >= 15 is 0 Å². The van der Waals surface area contributed by atoms with Gasteiger partial charge in [0.2, 0.25) is 10.0 Å². The Bertz CT molecular complexity index is 620. The Morgan fingerprint density at radius 2 is 1.90 bits per heavy atom. The number of sulfonamides is 1. The maximum atomic E-state index is 12.3. The number of rotatable bonds is 4. The number of aryl methyl sites for hydroxylation is 1. The number of halogens is 1. The second-order valence-corrected chi connectivity index (χ2v) is 7.78. The van der Waals surface area contributed by atoms with Crippen LogP contribution < -0.4 is 4.72 Å². The molecule has 1 rings (SSSR count). The van der Waals surface area contributed by atoms with E-state index in [1.54, 1.807) is 33.8 Å². The molecule has 7 heteroatoms. The van der Waals surface area contributed by atoms with E-state index in [0.29, 0.717) is 0 Å². The van der Waals surface area contributed by atoms with E-state index in [1.807, 2.05) is 0 Å². The van der Waals surface area contributed by atoms with Crippen LogP contribution in [0.3, 0.4) is 0 Å². The molecule has 0 aliphatic heterocycles. The van der Waals surface area contributed by atoms with Gasteiger partial charge in [0.1, 0.15) is 10.9 Å². The van der Waals surface area contributed by atoms with Crippen LogP contribution in [-0.2, 0) is 14.8 Å². The summed E-state index contributed by atoms with van der Waals surface area (Å²) < 4.78 is 26.7. The molecule has 0 bridgehead atoms. The second kappa shape index (κ2) is 5.71. The van der Waals surface area contributed by atoms with Crippen LogP contribution in [0.4, 0.5) is 0 Å². The molecule has 0 aliphatic rings. The molecule has 0 amide bonds. The molecule has 2 N–H and O–H groups in total. The predicted octanol–water partition coefficient (Wildman–Crippen LogP) is 2.43. The van der Waals surface area contributed by atoms with Crippen molar-refractivity contribution in [3.05, 3.63) is 28.8 Å². The van der Waals surface area contributed by atoms with Crippen molar-refractivity contribution in [2.24, 2.45) is 5.41 Å². The summed E-state index contributed by atoms with van der Waals surface area (Å²) in [5.41, 5.74) is 0.0513. The first-order valence-corrected chi connectivity index (χ1v) is 7.82. The van der Waals surface area contributed by atoms with E-state index in [-0.39, 0.29) is 9.92 Å². The average Bonchev–Trinajstić information content (AvgIpc) is 2.23. The lowest BCUT2D eigenvalue weighted by Crippen LogP contribution is -2.49. The van der Waals surface area contributed by atoms with Gasteiger partial charge < -0.3 is 5.11 Å². The van der Waals surface area contributed by atoms with Crippen molar-refractivity contribution >= 4 is 27.6 Å². The number of aliphatic carboxylic acids is 1. The first-order valence-electron chi connectivity index (χ1n) is 5.96. The fourth-order valence-corrected chi connectivity index (χ4v) is 3.63. The molecule has 0 aromatic heterocycles. The SMILES string of the molecule is Cc1ccc(S(=O)(=O)N[C@H](C(=O)O)C(C)(C)C)c(Cl)c1. The highest BCUT2D eigenvalue weighted by Crippen LogP contribution is 2.25. The van der Waals surface area contributed by atoms with Gasteiger partial charge in [0.15, 0.2) is 0 Å². The number of hydrogen-bond donors (Lipinski definition) is 2. The van der Waals surface area contributed by atoms with Gasteiger partial charge in [0, 0.05) is 0 Å². The molecule has 20 heavy (non-hydrogen) atoms. The first-order chi connectivity index (χ1) is 8.95. The van der Waals surface area contributed by atoms with Crippen LogP contribution in [0.15, 0.2) is 23.1 Å². The van der Waals surface area contributed by atoms with E-state index in [1.165, 1.54) is 12.1 Å². The van der Waals surface area contributed by atoms with Crippen molar-refractivity contribution in [2.75, 3.05) is 0 Å². The summed E-state index contributed by atoms with van der Waals surface area (Å²) in [7, 11) is -4.00. The highest BCUT2D eigenvalue weighted by atomic mass is 35.5. The summed E-state index contributed by atoms with van der Waals surface area (Å²) >= 11 is 5.92. The van der Waals surface area contributed by atoms with Gasteiger partial charge in [-0.25, -0.2) is 8.42 Å². The molecule has 1 atom stereocenters. The van der Waals surface area contributed by atoms with E-state index in [0.717, 1.165) is 5.56 Å². The quantitative estimate of drug-likeness (QED) is 0.892. The molecule has 0 aliphatic carbocycles. The Morgan fingerprint density at radius 1 is 1.35 bits per heavy atom. The van der Waals surface area contributed by atoms with Crippen molar-refractivity contribution in [1.82, 2.24) is 4.72 Å². The van der Waals surface area contributed by atoms with Crippen LogP contribution in [0.25, 0.3) is 0 Å². The minimum Gasteiger partial charge on any atom is -0.480 e. The van der Waals surface area contributed by atoms with Crippen molar-refractivity contribution in [3.8, 4) is 0 Å². The van der Waals surface area contributed by atoms with E-state index in [4.69, 9.17) is 11.6 Å². The zero-order valence-electron chi connectivity index (χ0n) is 11.8. The van der Waals surface area contributed by atoms with Gasteiger partial charge in [-0.05, 0) is 30.0 Å². The number of nitrogens with one attached hydrogen (secondary N) is 1. The molecule has 1 aromatic carbocycles. The molecule has 0 fully saturated rings. The third-order valence-electron chi connectivity index (χ3n) is 2.76. The number of benzene rings is 1. The van der Waals surface area contributed by atoms with Gasteiger partial charge >= 0.3 is 5.97 Å². The monoisotopic (exact) mass is 319 g/mol. The second-order valence-electron chi connectivity index (χ2n) is 5.69. The highest BCUT2D eigenvalue weighted by molar-refractivity contribution is 7.89. The summed E-state index contributed by atoms with van der Waals surface area (Å²) in [6.07, 6.45) is 0. The zero-order valence-corrected chi connectivity index (χ0v) is 13.3. The average molecular weight is 320 g/mol. The van der Waals surface area contributed by atoms with Gasteiger partial charge in [-0.2, -0.15) is 4.72 Å². The molecule has 0 radical (unpaired) electrons. The molecular weight excluding hydrogens is 302 g/mol. The van der Waals surface area contributed by atoms with Crippen LogP contribution in [0.1, 0.15) is 26.3 Å². The van der Waals surface area contributed by atoms with Crippen LogP contribution in [0.5, 0.6) is 0 Å². The standard InChI is InChI=1S/C13H18ClNO4S/c1-8-5-6-10(9(14)7-8)20(18,19)15-11(12(16)17)13(2,3)4/h5-7,11,15H,1-4H3,(H,16,17)/t11-/m1/s1. The Hall–Kier alpha value is -1.11. The molecule has 112 valence electrons. The number of carbonyl (C=O) groups is 1. The molecule has 0 saturated carbocycles. The summed E-state index contributed by atoms with van der Waals surface area (Å²) in [4.78, 5) is 11.1. The Kier molecular flexibility index (Phi) is 4.84. The third-order valence-corrected chi connectivity index (χ3v) is 4.67. The van der Waals surface area contributed by atoms with Crippen molar-refractivity contribution in [3.63, 3.8) is 0 Å². The van der Waals surface area contributed by atoms with Crippen molar-refractivity contribution in [1.29, 1.82) is 0 Å². The fourth-order valence-electron chi connectivity index (χ4n) is 1.64.